The molecule has 1 fully saturated rings. The highest BCUT2D eigenvalue weighted by molar-refractivity contribution is 5.94. The Bertz CT molecular complexity index is 1120. The van der Waals surface area contributed by atoms with Crippen molar-refractivity contribution in [2.24, 2.45) is 5.92 Å². The fourth-order valence-electron chi connectivity index (χ4n) is 4.15. The zero-order chi connectivity index (χ0) is 19.6. The lowest BCUT2D eigenvalue weighted by atomic mass is 9.97. The number of piperidine rings is 1. The number of imidazole rings is 1. The summed E-state index contributed by atoms with van der Waals surface area (Å²) in [5.41, 5.74) is 3.80. The molecule has 1 atom stereocenters. The fraction of sp³-hybridized carbons (Fsp3) is 0.261. The Morgan fingerprint density at radius 3 is 2.83 bits per heavy atom. The summed E-state index contributed by atoms with van der Waals surface area (Å²) in [6, 6.07) is 15.7. The smallest absolute Gasteiger partial charge is 0.253 e. The molecule has 0 aliphatic carbocycles. The van der Waals surface area contributed by atoms with Gasteiger partial charge in [-0.25, -0.2) is 9.97 Å². The van der Waals surface area contributed by atoms with Crippen LogP contribution < -0.4 is 0 Å². The maximum absolute atomic E-state index is 13.0. The molecular weight excluding hydrogens is 364 g/mol. The summed E-state index contributed by atoms with van der Waals surface area (Å²) in [4.78, 5) is 23.4. The molecule has 29 heavy (non-hydrogen) atoms. The van der Waals surface area contributed by atoms with Crippen LogP contribution in [0.5, 0.6) is 0 Å². The number of likely N-dealkylation sites (tertiary alicyclic amines) is 1. The minimum absolute atomic E-state index is 0.0920. The first-order chi connectivity index (χ1) is 14.3. The topological polar surface area (TPSA) is 64.2 Å². The number of rotatable bonds is 4. The normalized spacial score (nSPS) is 17.0. The number of amides is 1. The maximum atomic E-state index is 13.0. The largest absolute Gasteiger partial charge is 0.444 e. The average Bonchev–Trinajstić information content (AvgIpc) is 3.45. The van der Waals surface area contributed by atoms with Crippen LogP contribution in [0.1, 0.15) is 23.2 Å². The fourth-order valence-corrected chi connectivity index (χ4v) is 4.15. The summed E-state index contributed by atoms with van der Waals surface area (Å²) < 4.78 is 7.53. The third-order valence-electron chi connectivity index (χ3n) is 5.64. The van der Waals surface area contributed by atoms with Gasteiger partial charge in [0.2, 0.25) is 0 Å². The molecule has 1 aliphatic heterocycles. The number of para-hydroxylation sites is 2. The lowest BCUT2D eigenvalue weighted by molar-refractivity contribution is 0.0663. The Morgan fingerprint density at radius 1 is 1.14 bits per heavy atom. The molecule has 2 aromatic heterocycles. The van der Waals surface area contributed by atoms with Crippen molar-refractivity contribution in [1.29, 1.82) is 0 Å². The number of carbonyl (C=O) groups is 1. The number of aromatic nitrogens is 3. The third kappa shape index (κ3) is 3.53. The molecule has 0 spiro atoms. The summed E-state index contributed by atoms with van der Waals surface area (Å²) in [7, 11) is 0. The van der Waals surface area contributed by atoms with E-state index in [9.17, 15) is 4.79 Å². The third-order valence-corrected chi connectivity index (χ3v) is 5.64. The highest BCUT2D eigenvalue weighted by Crippen LogP contribution is 2.24. The molecule has 2 aromatic carbocycles. The van der Waals surface area contributed by atoms with Crippen LogP contribution in [0.2, 0.25) is 0 Å². The quantitative estimate of drug-likeness (QED) is 0.526. The van der Waals surface area contributed by atoms with Gasteiger partial charge in [0.1, 0.15) is 0 Å². The van der Waals surface area contributed by atoms with E-state index in [1.165, 1.54) is 6.39 Å². The van der Waals surface area contributed by atoms with Crippen molar-refractivity contribution in [3.63, 3.8) is 0 Å². The van der Waals surface area contributed by atoms with Gasteiger partial charge in [-0.05, 0) is 43.0 Å². The van der Waals surface area contributed by atoms with Gasteiger partial charge >= 0.3 is 0 Å². The second kappa shape index (κ2) is 7.54. The van der Waals surface area contributed by atoms with Gasteiger partial charge in [-0.2, -0.15) is 0 Å². The molecule has 1 unspecified atom stereocenters. The van der Waals surface area contributed by atoms with Crippen LogP contribution in [0.15, 0.2) is 71.9 Å². The predicted octanol–water partition coefficient (Wildman–Crippen LogP) is 4.24. The standard InChI is InChI=1S/C23H22N4O2/c28-23(19-9-7-18(8-10-19)22-12-24-16-29-22)26-11-3-4-17(13-26)14-27-15-25-20-5-1-2-6-21(20)27/h1-2,5-10,12,15-17H,3-4,11,13-14H2. The van der Waals surface area contributed by atoms with Gasteiger partial charge in [0.15, 0.2) is 12.2 Å². The van der Waals surface area contributed by atoms with Crippen molar-refractivity contribution in [3.05, 3.63) is 73.0 Å². The van der Waals surface area contributed by atoms with E-state index in [0.717, 1.165) is 49.1 Å². The highest BCUT2D eigenvalue weighted by Gasteiger charge is 2.25. The van der Waals surface area contributed by atoms with E-state index in [2.05, 4.69) is 20.6 Å². The van der Waals surface area contributed by atoms with Crippen molar-refractivity contribution in [2.75, 3.05) is 13.1 Å². The Balaban J connectivity index is 1.28. The van der Waals surface area contributed by atoms with Crippen molar-refractivity contribution in [2.45, 2.75) is 19.4 Å². The van der Waals surface area contributed by atoms with Gasteiger partial charge in [-0.3, -0.25) is 4.79 Å². The molecule has 6 nitrogen and oxygen atoms in total. The Labute approximate surface area is 168 Å². The van der Waals surface area contributed by atoms with E-state index in [1.54, 1.807) is 6.20 Å². The molecule has 1 saturated heterocycles. The van der Waals surface area contributed by atoms with Gasteiger partial charge in [0.05, 0.1) is 23.6 Å². The molecule has 1 amide bonds. The number of hydrogen-bond acceptors (Lipinski definition) is 4. The zero-order valence-electron chi connectivity index (χ0n) is 16.1. The number of nitrogens with zero attached hydrogens (tertiary/aromatic N) is 4. The summed E-state index contributed by atoms with van der Waals surface area (Å²) in [5.74, 6) is 1.22. The van der Waals surface area contributed by atoms with Crippen LogP contribution in [0.25, 0.3) is 22.4 Å². The minimum Gasteiger partial charge on any atom is -0.444 e. The Morgan fingerprint density at radius 2 is 2.00 bits per heavy atom. The van der Waals surface area contributed by atoms with E-state index in [-0.39, 0.29) is 5.91 Å². The van der Waals surface area contributed by atoms with Crippen molar-refractivity contribution < 1.29 is 9.21 Å². The molecule has 0 saturated carbocycles. The number of benzene rings is 2. The second-order valence-electron chi connectivity index (χ2n) is 7.59. The molecule has 0 N–H and O–H groups in total. The average molecular weight is 386 g/mol. The van der Waals surface area contributed by atoms with Gasteiger partial charge in [0.25, 0.3) is 5.91 Å². The van der Waals surface area contributed by atoms with E-state index >= 15 is 0 Å². The first-order valence-corrected chi connectivity index (χ1v) is 9.96. The molecular formula is C23H22N4O2. The molecule has 5 rings (SSSR count). The highest BCUT2D eigenvalue weighted by atomic mass is 16.3. The van der Waals surface area contributed by atoms with E-state index < -0.39 is 0 Å². The Kier molecular flexibility index (Phi) is 4.60. The number of fused-ring (bicyclic) bond motifs is 1. The summed E-state index contributed by atoms with van der Waals surface area (Å²) in [6.45, 7) is 2.47. The van der Waals surface area contributed by atoms with Gasteiger partial charge in [-0.1, -0.05) is 24.3 Å². The SMILES string of the molecule is O=C(c1ccc(-c2cnco2)cc1)N1CCCC(Cn2cnc3ccccc32)C1. The monoisotopic (exact) mass is 386 g/mol. The predicted molar refractivity (Wildman–Crippen MR) is 110 cm³/mol. The Hall–Kier alpha value is -3.41. The number of oxazole rings is 1. The molecule has 6 heteroatoms. The first-order valence-electron chi connectivity index (χ1n) is 9.96. The van der Waals surface area contributed by atoms with Crippen LogP contribution >= 0.6 is 0 Å². The summed E-state index contributed by atoms with van der Waals surface area (Å²) >= 11 is 0. The maximum Gasteiger partial charge on any atom is 0.253 e. The van der Waals surface area contributed by atoms with Crippen LogP contribution in [0, 0.1) is 5.92 Å². The minimum atomic E-state index is 0.0920. The lowest BCUT2D eigenvalue weighted by Crippen LogP contribution is -2.41. The number of carbonyl (C=O) groups excluding carboxylic acids is 1. The van der Waals surface area contributed by atoms with E-state index in [0.29, 0.717) is 17.2 Å². The second-order valence-corrected chi connectivity index (χ2v) is 7.59. The summed E-state index contributed by atoms with van der Waals surface area (Å²) in [5, 5.41) is 0. The number of hydrogen-bond donors (Lipinski definition) is 0. The van der Waals surface area contributed by atoms with E-state index in [1.807, 2.05) is 53.7 Å². The van der Waals surface area contributed by atoms with Crippen molar-refractivity contribution in [3.8, 4) is 11.3 Å². The van der Waals surface area contributed by atoms with Gasteiger partial charge in [0, 0.05) is 30.8 Å². The molecule has 0 bridgehead atoms. The molecule has 1 aliphatic rings. The molecule has 3 heterocycles. The summed E-state index contributed by atoms with van der Waals surface area (Å²) in [6.07, 6.45) is 7.14. The molecule has 0 radical (unpaired) electrons. The van der Waals surface area contributed by atoms with Crippen LogP contribution in [0.3, 0.4) is 0 Å². The van der Waals surface area contributed by atoms with Crippen molar-refractivity contribution >= 4 is 16.9 Å². The van der Waals surface area contributed by atoms with Gasteiger partial charge in [-0.15, -0.1) is 0 Å². The van der Waals surface area contributed by atoms with Crippen LogP contribution in [0.4, 0.5) is 0 Å². The van der Waals surface area contributed by atoms with Gasteiger partial charge < -0.3 is 13.9 Å². The van der Waals surface area contributed by atoms with E-state index in [4.69, 9.17) is 4.42 Å². The molecule has 4 aromatic rings. The van der Waals surface area contributed by atoms with Crippen LogP contribution in [-0.4, -0.2) is 38.4 Å². The van der Waals surface area contributed by atoms with Crippen molar-refractivity contribution in [1.82, 2.24) is 19.4 Å². The lowest BCUT2D eigenvalue weighted by Gasteiger charge is -2.33. The molecule has 146 valence electrons. The van der Waals surface area contributed by atoms with Crippen LogP contribution in [-0.2, 0) is 6.54 Å². The zero-order valence-corrected chi connectivity index (χ0v) is 16.1. The first kappa shape index (κ1) is 17.7.